The van der Waals surface area contributed by atoms with Crippen LogP contribution in [0, 0.1) is 5.92 Å². The van der Waals surface area contributed by atoms with Gasteiger partial charge < -0.3 is 14.5 Å². The second-order valence-electron chi connectivity index (χ2n) is 5.05. The Morgan fingerprint density at radius 3 is 3.00 bits per heavy atom. The maximum atomic E-state index is 5.53. The van der Waals surface area contributed by atoms with Gasteiger partial charge in [0.2, 0.25) is 0 Å². The monoisotopic (exact) mass is 338 g/mol. The van der Waals surface area contributed by atoms with Gasteiger partial charge in [-0.05, 0) is 30.2 Å². The largest absolute Gasteiger partial charge is 0.445 e. The first kappa shape index (κ1) is 15.1. The van der Waals surface area contributed by atoms with Gasteiger partial charge in [0.25, 0.3) is 0 Å². The lowest BCUT2D eigenvalue weighted by Gasteiger charge is -2.04. The summed E-state index contributed by atoms with van der Waals surface area (Å²) in [6.45, 7) is 6.44. The van der Waals surface area contributed by atoms with Crippen molar-refractivity contribution < 1.29 is 9.15 Å². The zero-order chi connectivity index (χ0) is 14.4. The van der Waals surface area contributed by atoms with Gasteiger partial charge in [0.1, 0.15) is 12.9 Å². The van der Waals surface area contributed by atoms with Gasteiger partial charge in [0.15, 0.2) is 0 Å². The third kappa shape index (κ3) is 4.98. The molecule has 0 aliphatic carbocycles. The Bertz CT molecular complexity index is 540. The summed E-state index contributed by atoms with van der Waals surface area (Å²) in [5, 5.41) is 3.31. The highest BCUT2D eigenvalue weighted by atomic mass is 79.9. The van der Waals surface area contributed by atoms with E-state index in [-0.39, 0.29) is 0 Å². The van der Waals surface area contributed by atoms with E-state index in [1.807, 2.05) is 24.3 Å². The highest BCUT2D eigenvalue weighted by Gasteiger charge is 2.05. The van der Waals surface area contributed by atoms with Crippen molar-refractivity contribution in [3.8, 4) is 6.08 Å². The Hall–Kier alpha value is -1.33. The van der Waals surface area contributed by atoms with Crippen LogP contribution in [-0.4, -0.2) is 11.5 Å². The van der Waals surface area contributed by atoms with Gasteiger partial charge in [-0.25, -0.2) is 0 Å². The van der Waals surface area contributed by atoms with Crippen molar-refractivity contribution in [3.05, 3.63) is 46.3 Å². The van der Waals surface area contributed by atoms with Crippen molar-refractivity contribution >= 4 is 15.9 Å². The number of nitrogens with one attached hydrogen (secondary N) is 1. The van der Waals surface area contributed by atoms with Gasteiger partial charge >= 0.3 is 6.08 Å². The second-order valence-corrected chi connectivity index (χ2v) is 5.96. The molecule has 0 unspecified atom stereocenters. The molecule has 1 aromatic carbocycles. The van der Waals surface area contributed by atoms with Crippen LogP contribution in [0.2, 0.25) is 0 Å². The van der Waals surface area contributed by atoms with Crippen LogP contribution in [0.1, 0.15) is 25.1 Å². The molecule has 0 atom stereocenters. The fourth-order valence-corrected chi connectivity index (χ4v) is 2.14. The lowest BCUT2D eigenvalue weighted by atomic mass is 10.2. The molecule has 20 heavy (non-hydrogen) atoms. The molecule has 2 aromatic rings. The lowest BCUT2D eigenvalue weighted by Crippen LogP contribution is -2.19. The quantitative estimate of drug-likeness (QED) is 0.834. The highest BCUT2D eigenvalue weighted by molar-refractivity contribution is 9.10. The fourth-order valence-electron chi connectivity index (χ4n) is 1.70. The number of halogens is 1. The molecule has 0 saturated heterocycles. The summed E-state index contributed by atoms with van der Waals surface area (Å²) < 4.78 is 11.8. The van der Waals surface area contributed by atoms with E-state index in [4.69, 9.17) is 9.15 Å². The standard InChI is InChI=1S/C15H19BrN2O2/c1-11(2)7-17-8-14-10-20-15(18-14)19-9-12-4-3-5-13(16)6-12/h3-6,10-11,17H,7-9H2,1-2H3. The first-order chi connectivity index (χ1) is 9.63. The minimum absolute atomic E-state index is 0.311. The summed E-state index contributed by atoms with van der Waals surface area (Å²) in [7, 11) is 0. The van der Waals surface area contributed by atoms with Crippen LogP contribution in [0.25, 0.3) is 0 Å². The summed E-state index contributed by atoms with van der Waals surface area (Å²) in [6.07, 6.45) is 1.94. The van der Waals surface area contributed by atoms with Crippen molar-refractivity contribution in [1.29, 1.82) is 0 Å². The SMILES string of the molecule is CC(C)CNCc1coc(OCc2cccc(Br)c2)n1. The van der Waals surface area contributed by atoms with E-state index >= 15 is 0 Å². The molecule has 108 valence electrons. The van der Waals surface area contributed by atoms with Crippen LogP contribution in [-0.2, 0) is 13.2 Å². The molecule has 2 rings (SSSR count). The van der Waals surface area contributed by atoms with Gasteiger partial charge in [-0.1, -0.05) is 41.9 Å². The summed E-state index contributed by atoms with van der Waals surface area (Å²) in [4.78, 5) is 4.28. The third-order valence-electron chi connectivity index (χ3n) is 2.64. The first-order valence-electron chi connectivity index (χ1n) is 6.66. The van der Waals surface area contributed by atoms with Crippen molar-refractivity contribution in [2.45, 2.75) is 27.0 Å². The molecule has 1 aromatic heterocycles. The van der Waals surface area contributed by atoms with Gasteiger partial charge in [-0.15, -0.1) is 0 Å². The molecular formula is C15H19BrN2O2. The summed E-state index contributed by atoms with van der Waals surface area (Å²) in [5.41, 5.74) is 1.92. The Morgan fingerprint density at radius 1 is 1.40 bits per heavy atom. The predicted molar refractivity (Wildman–Crippen MR) is 81.5 cm³/mol. The van der Waals surface area contributed by atoms with E-state index in [9.17, 15) is 0 Å². The summed E-state index contributed by atoms with van der Waals surface area (Å²) in [5.74, 6) is 0.620. The molecule has 0 radical (unpaired) electrons. The molecule has 0 amide bonds. The normalized spacial score (nSPS) is 11.0. The number of ether oxygens (including phenoxy) is 1. The Morgan fingerprint density at radius 2 is 2.25 bits per heavy atom. The number of aromatic nitrogens is 1. The number of hydrogen-bond acceptors (Lipinski definition) is 4. The summed E-state index contributed by atoms with van der Waals surface area (Å²) >= 11 is 3.43. The Kier molecular flexibility index (Phi) is 5.61. The van der Waals surface area contributed by atoms with Crippen LogP contribution in [0.3, 0.4) is 0 Å². The maximum absolute atomic E-state index is 5.53. The fraction of sp³-hybridized carbons (Fsp3) is 0.400. The topological polar surface area (TPSA) is 47.3 Å². The summed E-state index contributed by atoms with van der Waals surface area (Å²) in [6, 6.07) is 7.96. The zero-order valence-electron chi connectivity index (χ0n) is 11.7. The molecule has 0 bridgehead atoms. The van der Waals surface area contributed by atoms with Gasteiger partial charge in [-0.2, -0.15) is 4.98 Å². The number of nitrogens with zero attached hydrogens (tertiary/aromatic N) is 1. The molecule has 0 spiro atoms. The van der Waals surface area contributed by atoms with Crippen LogP contribution in [0.4, 0.5) is 0 Å². The zero-order valence-corrected chi connectivity index (χ0v) is 13.3. The van der Waals surface area contributed by atoms with Gasteiger partial charge in [0.05, 0.1) is 5.69 Å². The van der Waals surface area contributed by atoms with Gasteiger partial charge in [0, 0.05) is 11.0 Å². The van der Waals surface area contributed by atoms with Crippen LogP contribution in [0.5, 0.6) is 6.08 Å². The van der Waals surface area contributed by atoms with E-state index in [1.165, 1.54) is 0 Å². The third-order valence-corrected chi connectivity index (χ3v) is 3.13. The minimum Gasteiger partial charge on any atom is -0.445 e. The smallest absolute Gasteiger partial charge is 0.394 e. The number of oxazole rings is 1. The molecule has 0 aliphatic rings. The van der Waals surface area contributed by atoms with E-state index in [0.29, 0.717) is 25.1 Å². The number of hydrogen-bond donors (Lipinski definition) is 1. The predicted octanol–water partition coefficient (Wildman–Crippen LogP) is 3.76. The van der Waals surface area contributed by atoms with E-state index in [1.54, 1.807) is 6.26 Å². The van der Waals surface area contributed by atoms with E-state index in [0.717, 1.165) is 22.3 Å². The molecular weight excluding hydrogens is 320 g/mol. The van der Waals surface area contributed by atoms with Crippen molar-refractivity contribution in [3.63, 3.8) is 0 Å². The second kappa shape index (κ2) is 7.45. The number of benzene rings is 1. The molecule has 1 heterocycles. The Labute approximate surface area is 127 Å². The molecule has 5 heteroatoms. The van der Waals surface area contributed by atoms with Crippen LogP contribution < -0.4 is 10.1 Å². The van der Waals surface area contributed by atoms with Crippen molar-refractivity contribution in [2.75, 3.05) is 6.54 Å². The molecule has 0 aliphatic heterocycles. The highest BCUT2D eigenvalue weighted by Crippen LogP contribution is 2.15. The van der Waals surface area contributed by atoms with Crippen molar-refractivity contribution in [2.24, 2.45) is 5.92 Å². The molecule has 0 saturated carbocycles. The van der Waals surface area contributed by atoms with Gasteiger partial charge in [-0.3, -0.25) is 0 Å². The molecule has 1 N–H and O–H groups in total. The maximum Gasteiger partial charge on any atom is 0.394 e. The van der Waals surface area contributed by atoms with Crippen LogP contribution >= 0.6 is 15.9 Å². The van der Waals surface area contributed by atoms with E-state index in [2.05, 4.69) is 40.1 Å². The average molecular weight is 339 g/mol. The van der Waals surface area contributed by atoms with E-state index < -0.39 is 0 Å². The Balaban J connectivity index is 1.80. The number of rotatable bonds is 7. The molecule has 0 fully saturated rings. The van der Waals surface area contributed by atoms with Crippen molar-refractivity contribution in [1.82, 2.24) is 10.3 Å². The van der Waals surface area contributed by atoms with Crippen LogP contribution in [0.15, 0.2) is 39.4 Å². The lowest BCUT2D eigenvalue weighted by molar-refractivity contribution is 0.220. The average Bonchev–Trinajstić information content (AvgIpc) is 2.84. The first-order valence-corrected chi connectivity index (χ1v) is 7.45. The minimum atomic E-state index is 0.311. The molecule has 4 nitrogen and oxygen atoms in total.